The lowest BCUT2D eigenvalue weighted by atomic mass is 10.2. The first-order valence-corrected chi connectivity index (χ1v) is 6.17. The van der Waals surface area contributed by atoms with Gasteiger partial charge in [-0.25, -0.2) is 17.6 Å². The van der Waals surface area contributed by atoms with Crippen LogP contribution in [0.4, 0.5) is 23.2 Å². The van der Waals surface area contributed by atoms with Crippen LogP contribution >= 0.6 is 0 Å². The van der Waals surface area contributed by atoms with E-state index >= 15 is 0 Å². The Balaban J connectivity index is 2.91. The highest BCUT2D eigenvalue weighted by atomic mass is 19.2. The standard InChI is InChI=1S/C13H16F4N2O/c1-4-6(2)18-13(20)7(3)19-12-10(16)8(14)5-9(15)11(12)17/h5-7,19H,4H2,1-3H3,(H,18,20). The summed E-state index contributed by atoms with van der Waals surface area (Å²) in [6, 6.07) is -1.06. The molecule has 1 rings (SSSR count). The van der Waals surface area contributed by atoms with Gasteiger partial charge in [0.25, 0.3) is 0 Å². The Kier molecular flexibility index (Phi) is 5.35. The average Bonchev–Trinajstić information content (AvgIpc) is 2.40. The topological polar surface area (TPSA) is 41.1 Å². The third-order valence-corrected chi connectivity index (χ3v) is 2.87. The van der Waals surface area contributed by atoms with Gasteiger partial charge in [-0.2, -0.15) is 0 Å². The fraction of sp³-hybridized carbons (Fsp3) is 0.462. The number of nitrogens with one attached hydrogen (secondary N) is 2. The van der Waals surface area contributed by atoms with Gasteiger partial charge in [0, 0.05) is 12.1 Å². The summed E-state index contributed by atoms with van der Waals surface area (Å²) in [5.74, 6) is -6.70. The lowest BCUT2D eigenvalue weighted by Crippen LogP contribution is -2.42. The first-order valence-electron chi connectivity index (χ1n) is 6.17. The van der Waals surface area contributed by atoms with Crippen LogP contribution in [-0.4, -0.2) is 18.0 Å². The summed E-state index contributed by atoms with van der Waals surface area (Å²) < 4.78 is 52.9. The molecule has 0 saturated carbocycles. The molecule has 1 aromatic rings. The predicted octanol–water partition coefficient (Wildman–Crippen LogP) is 2.96. The van der Waals surface area contributed by atoms with Crippen molar-refractivity contribution in [2.45, 2.75) is 39.3 Å². The molecule has 0 aliphatic carbocycles. The number of amides is 1. The van der Waals surface area contributed by atoms with E-state index in [2.05, 4.69) is 10.6 Å². The Bertz CT molecular complexity index is 481. The van der Waals surface area contributed by atoms with Gasteiger partial charge in [-0.1, -0.05) is 6.92 Å². The Labute approximate surface area is 114 Å². The highest BCUT2D eigenvalue weighted by Crippen LogP contribution is 2.24. The molecule has 7 heteroatoms. The third-order valence-electron chi connectivity index (χ3n) is 2.87. The van der Waals surface area contributed by atoms with E-state index in [0.717, 1.165) is 0 Å². The number of carbonyl (C=O) groups is 1. The zero-order valence-corrected chi connectivity index (χ0v) is 11.4. The zero-order valence-electron chi connectivity index (χ0n) is 11.4. The molecule has 1 aromatic carbocycles. The number of carbonyl (C=O) groups excluding carboxylic acids is 1. The molecule has 3 nitrogen and oxygen atoms in total. The Morgan fingerprint density at radius 1 is 1.15 bits per heavy atom. The van der Waals surface area contributed by atoms with Crippen LogP contribution in [0.1, 0.15) is 27.2 Å². The van der Waals surface area contributed by atoms with Crippen molar-refractivity contribution in [1.29, 1.82) is 0 Å². The van der Waals surface area contributed by atoms with Crippen molar-refractivity contribution in [2.24, 2.45) is 0 Å². The van der Waals surface area contributed by atoms with Crippen LogP contribution in [-0.2, 0) is 4.79 Å². The lowest BCUT2D eigenvalue weighted by molar-refractivity contribution is -0.122. The molecular formula is C13H16F4N2O. The number of rotatable bonds is 5. The van der Waals surface area contributed by atoms with Crippen LogP contribution in [0.15, 0.2) is 6.07 Å². The van der Waals surface area contributed by atoms with Gasteiger partial charge in [0.05, 0.1) is 0 Å². The summed E-state index contributed by atoms with van der Waals surface area (Å²) in [5, 5.41) is 4.73. The normalized spacial score (nSPS) is 13.8. The SMILES string of the molecule is CCC(C)NC(=O)C(C)Nc1c(F)c(F)cc(F)c1F. The molecular weight excluding hydrogens is 276 g/mol. The monoisotopic (exact) mass is 292 g/mol. The minimum absolute atomic E-state index is 0.111. The molecule has 0 radical (unpaired) electrons. The van der Waals surface area contributed by atoms with E-state index in [1.54, 1.807) is 6.92 Å². The summed E-state index contributed by atoms with van der Waals surface area (Å²) in [5.41, 5.74) is -0.991. The van der Waals surface area contributed by atoms with Crippen LogP contribution in [0.5, 0.6) is 0 Å². The zero-order chi connectivity index (χ0) is 15.4. The van der Waals surface area contributed by atoms with Crippen LogP contribution in [0, 0.1) is 23.3 Å². The first kappa shape index (κ1) is 16.3. The van der Waals surface area contributed by atoms with Gasteiger partial charge in [-0.3, -0.25) is 4.79 Å². The van der Waals surface area contributed by atoms with Crippen LogP contribution in [0.2, 0.25) is 0 Å². The number of hydrogen-bond donors (Lipinski definition) is 2. The minimum Gasteiger partial charge on any atom is -0.369 e. The number of hydrogen-bond acceptors (Lipinski definition) is 2. The van der Waals surface area contributed by atoms with Gasteiger partial charge in [0.15, 0.2) is 23.3 Å². The van der Waals surface area contributed by atoms with E-state index in [0.29, 0.717) is 6.42 Å². The highest BCUT2D eigenvalue weighted by molar-refractivity contribution is 5.84. The molecule has 0 heterocycles. The largest absolute Gasteiger partial charge is 0.369 e. The fourth-order valence-corrected chi connectivity index (χ4v) is 1.45. The number of benzene rings is 1. The molecule has 0 aromatic heterocycles. The first-order chi connectivity index (χ1) is 9.27. The maximum Gasteiger partial charge on any atom is 0.242 e. The van der Waals surface area contributed by atoms with Gasteiger partial charge < -0.3 is 10.6 Å². The van der Waals surface area contributed by atoms with Crippen molar-refractivity contribution in [1.82, 2.24) is 5.32 Å². The van der Waals surface area contributed by atoms with E-state index in [1.165, 1.54) is 6.92 Å². The molecule has 2 unspecified atom stereocenters. The second kappa shape index (κ2) is 6.58. The molecule has 20 heavy (non-hydrogen) atoms. The molecule has 0 spiro atoms. The van der Waals surface area contributed by atoms with E-state index in [1.807, 2.05) is 6.92 Å². The quantitative estimate of drug-likeness (QED) is 0.647. The van der Waals surface area contributed by atoms with E-state index < -0.39 is 40.9 Å². The van der Waals surface area contributed by atoms with Crippen molar-refractivity contribution in [3.8, 4) is 0 Å². The molecule has 112 valence electrons. The van der Waals surface area contributed by atoms with Gasteiger partial charge in [0.1, 0.15) is 11.7 Å². The van der Waals surface area contributed by atoms with E-state index in [4.69, 9.17) is 0 Å². The van der Waals surface area contributed by atoms with Crippen molar-refractivity contribution >= 4 is 11.6 Å². The number of halogens is 4. The summed E-state index contributed by atoms with van der Waals surface area (Å²) in [6.45, 7) is 4.94. The molecule has 1 amide bonds. The van der Waals surface area contributed by atoms with Crippen LogP contribution < -0.4 is 10.6 Å². The average molecular weight is 292 g/mol. The second-order valence-electron chi connectivity index (χ2n) is 4.53. The van der Waals surface area contributed by atoms with E-state index in [9.17, 15) is 22.4 Å². The second-order valence-corrected chi connectivity index (χ2v) is 4.53. The van der Waals surface area contributed by atoms with E-state index in [-0.39, 0.29) is 12.1 Å². The van der Waals surface area contributed by atoms with Crippen molar-refractivity contribution < 1.29 is 22.4 Å². The van der Waals surface area contributed by atoms with Gasteiger partial charge in [-0.05, 0) is 20.3 Å². The molecule has 2 N–H and O–H groups in total. The molecule has 0 aliphatic rings. The lowest BCUT2D eigenvalue weighted by Gasteiger charge is -2.19. The number of anilines is 1. The van der Waals surface area contributed by atoms with Crippen molar-refractivity contribution in [3.05, 3.63) is 29.3 Å². The van der Waals surface area contributed by atoms with Crippen LogP contribution in [0.3, 0.4) is 0 Å². The summed E-state index contributed by atoms with van der Waals surface area (Å²) in [7, 11) is 0. The summed E-state index contributed by atoms with van der Waals surface area (Å²) in [6.07, 6.45) is 0.676. The Morgan fingerprint density at radius 3 is 2.10 bits per heavy atom. The summed E-state index contributed by atoms with van der Waals surface area (Å²) >= 11 is 0. The van der Waals surface area contributed by atoms with Gasteiger partial charge >= 0.3 is 0 Å². The molecule has 0 saturated heterocycles. The predicted molar refractivity (Wildman–Crippen MR) is 67.3 cm³/mol. The van der Waals surface area contributed by atoms with Gasteiger partial charge in [0.2, 0.25) is 5.91 Å². The molecule has 0 bridgehead atoms. The smallest absolute Gasteiger partial charge is 0.242 e. The Morgan fingerprint density at radius 2 is 1.65 bits per heavy atom. The highest BCUT2D eigenvalue weighted by Gasteiger charge is 2.23. The summed E-state index contributed by atoms with van der Waals surface area (Å²) in [4.78, 5) is 11.7. The molecule has 2 atom stereocenters. The minimum atomic E-state index is -1.56. The van der Waals surface area contributed by atoms with Gasteiger partial charge in [-0.15, -0.1) is 0 Å². The maximum absolute atomic E-state index is 13.4. The Hall–Kier alpha value is -1.79. The van der Waals surface area contributed by atoms with Crippen molar-refractivity contribution in [3.63, 3.8) is 0 Å². The fourth-order valence-electron chi connectivity index (χ4n) is 1.45. The molecule has 0 fully saturated rings. The molecule has 0 aliphatic heterocycles. The van der Waals surface area contributed by atoms with Crippen molar-refractivity contribution in [2.75, 3.05) is 5.32 Å². The van der Waals surface area contributed by atoms with Crippen LogP contribution in [0.25, 0.3) is 0 Å². The third kappa shape index (κ3) is 3.61. The maximum atomic E-state index is 13.4.